The molecule has 2 aliphatic rings. The first-order chi connectivity index (χ1) is 13.2. The molecule has 3 rings (SSSR count). The lowest BCUT2D eigenvalue weighted by molar-refractivity contribution is -0.125. The number of amides is 1. The van der Waals surface area contributed by atoms with Crippen molar-refractivity contribution in [2.75, 3.05) is 51.3 Å². The molecule has 1 saturated carbocycles. The van der Waals surface area contributed by atoms with Crippen molar-refractivity contribution < 1.29 is 13.9 Å². The van der Waals surface area contributed by atoms with Crippen LogP contribution in [-0.4, -0.2) is 63.3 Å². The van der Waals surface area contributed by atoms with Crippen LogP contribution in [0.25, 0.3) is 0 Å². The molecule has 1 aromatic carbocycles. The van der Waals surface area contributed by atoms with Gasteiger partial charge in [-0.05, 0) is 56.7 Å². The Labute approximate surface area is 161 Å². The van der Waals surface area contributed by atoms with Crippen LogP contribution in [0.5, 0.6) is 0 Å². The molecule has 1 amide bonds. The molecule has 1 N–H and O–H groups in total. The third-order valence-electron chi connectivity index (χ3n) is 5.91. The van der Waals surface area contributed by atoms with Gasteiger partial charge >= 0.3 is 0 Å². The molecule has 150 valence electrons. The maximum Gasteiger partial charge on any atom is 0.246 e. The molecule has 1 aliphatic carbocycles. The van der Waals surface area contributed by atoms with Crippen molar-refractivity contribution in [3.8, 4) is 0 Å². The van der Waals surface area contributed by atoms with Gasteiger partial charge in [0.1, 0.15) is 12.4 Å². The van der Waals surface area contributed by atoms with Crippen LogP contribution in [0.4, 0.5) is 10.1 Å². The fourth-order valence-corrected chi connectivity index (χ4v) is 4.28. The average Bonchev–Trinajstić information content (AvgIpc) is 2.68. The first-order valence-corrected chi connectivity index (χ1v) is 10.2. The maximum absolute atomic E-state index is 13.9. The number of methoxy groups -OCH3 is 1. The second-order valence-electron chi connectivity index (χ2n) is 7.79. The van der Waals surface area contributed by atoms with Crippen molar-refractivity contribution in [3.05, 3.63) is 30.1 Å². The van der Waals surface area contributed by atoms with E-state index in [2.05, 4.69) is 15.1 Å². The highest BCUT2D eigenvalue weighted by Gasteiger charge is 2.24. The van der Waals surface area contributed by atoms with Gasteiger partial charge in [0.25, 0.3) is 0 Å². The number of nitrogens with zero attached hydrogens (tertiary/aromatic N) is 2. The van der Waals surface area contributed by atoms with E-state index in [1.165, 1.54) is 25.3 Å². The summed E-state index contributed by atoms with van der Waals surface area (Å²) in [6, 6.07) is 7.37. The molecule has 0 unspecified atom stereocenters. The molecule has 0 spiro atoms. The van der Waals surface area contributed by atoms with Crippen molar-refractivity contribution >= 4 is 11.6 Å². The number of halogens is 1. The van der Waals surface area contributed by atoms with E-state index in [-0.39, 0.29) is 18.3 Å². The molecule has 2 fully saturated rings. The highest BCUT2D eigenvalue weighted by atomic mass is 19.1. The normalized spacial score (nSPS) is 24.0. The van der Waals surface area contributed by atoms with E-state index in [4.69, 9.17) is 4.74 Å². The number of hydrogen-bond acceptors (Lipinski definition) is 4. The molecule has 1 heterocycles. The van der Waals surface area contributed by atoms with Crippen molar-refractivity contribution in [2.45, 2.75) is 38.1 Å². The zero-order valence-corrected chi connectivity index (χ0v) is 16.3. The predicted octanol–water partition coefficient (Wildman–Crippen LogP) is 2.66. The number of piperazine rings is 1. The molecular formula is C21H32FN3O2. The van der Waals surface area contributed by atoms with E-state index < -0.39 is 0 Å². The Morgan fingerprint density at radius 1 is 1.15 bits per heavy atom. The van der Waals surface area contributed by atoms with E-state index in [1.807, 2.05) is 12.1 Å². The summed E-state index contributed by atoms with van der Waals surface area (Å²) in [6.45, 7) is 5.04. The molecule has 27 heavy (non-hydrogen) atoms. The third-order valence-corrected chi connectivity index (χ3v) is 5.91. The second kappa shape index (κ2) is 10.0. The summed E-state index contributed by atoms with van der Waals surface area (Å²) >= 11 is 0. The Balaban J connectivity index is 1.33. The Morgan fingerprint density at radius 2 is 1.85 bits per heavy atom. The van der Waals surface area contributed by atoms with Gasteiger partial charge in [-0.1, -0.05) is 12.1 Å². The summed E-state index contributed by atoms with van der Waals surface area (Å²) in [5, 5.41) is 3.06. The largest absolute Gasteiger partial charge is 0.375 e. The van der Waals surface area contributed by atoms with E-state index in [0.717, 1.165) is 57.2 Å². The predicted molar refractivity (Wildman–Crippen MR) is 105 cm³/mol. The quantitative estimate of drug-likeness (QED) is 0.794. The molecule has 1 aromatic rings. The molecule has 5 nitrogen and oxygen atoms in total. The Bertz CT molecular complexity index is 597. The monoisotopic (exact) mass is 377 g/mol. The zero-order valence-electron chi connectivity index (χ0n) is 16.3. The summed E-state index contributed by atoms with van der Waals surface area (Å²) in [7, 11) is 1.55. The van der Waals surface area contributed by atoms with Crippen LogP contribution in [0.15, 0.2) is 24.3 Å². The maximum atomic E-state index is 13.9. The lowest BCUT2D eigenvalue weighted by Gasteiger charge is -2.37. The van der Waals surface area contributed by atoms with E-state index in [9.17, 15) is 9.18 Å². The SMILES string of the molecule is COCC(=O)NC1CCC(CCN2CCN(c3ccccc3F)CC2)CC1. The first-order valence-electron chi connectivity index (χ1n) is 10.2. The molecule has 0 radical (unpaired) electrons. The molecule has 1 aliphatic heterocycles. The molecule has 0 bridgehead atoms. The number of hydrogen-bond donors (Lipinski definition) is 1. The fraction of sp³-hybridized carbons (Fsp3) is 0.667. The number of benzene rings is 1. The Morgan fingerprint density at radius 3 is 2.52 bits per heavy atom. The Kier molecular flexibility index (Phi) is 7.47. The number of ether oxygens (including phenoxy) is 1. The van der Waals surface area contributed by atoms with Crippen molar-refractivity contribution in [2.24, 2.45) is 5.92 Å². The average molecular weight is 378 g/mol. The van der Waals surface area contributed by atoms with E-state index >= 15 is 0 Å². The number of anilines is 1. The van der Waals surface area contributed by atoms with Crippen LogP contribution in [0, 0.1) is 11.7 Å². The lowest BCUT2D eigenvalue weighted by Crippen LogP contribution is -2.47. The minimum atomic E-state index is -0.125. The number of rotatable bonds is 7. The number of carbonyl (C=O) groups excluding carboxylic acids is 1. The summed E-state index contributed by atoms with van der Waals surface area (Å²) in [5.74, 6) is 0.624. The molecular weight excluding hydrogens is 345 g/mol. The van der Waals surface area contributed by atoms with Crippen molar-refractivity contribution in [3.63, 3.8) is 0 Å². The fourth-order valence-electron chi connectivity index (χ4n) is 4.28. The van der Waals surface area contributed by atoms with Gasteiger partial charge in [0.2, 0.25) is 5.91 Å². The van der Waals surface area contributed by atoms with Crippen LogP contribution in [0.3, 0.4) is 0 Å². The van der Waals surface area contributed by atoms with Gasteiger partial charge in [0.05, 0.1) is 5.69 Å². The minimum Gasteiger partial charge on any atom is -0.375 e. The molecule has 0 atom stereocenters. The molecule has 0 aromatic heterocycles. The van der Waals surface area contributed by atoms with Gasteiger partial charge < -0.3 is 15.0 Å². The smallest absolute Gasteiger partial charge is 0.246 e. The molecule has 6 heteroatoms. The van der Waals surface area contributed by atoms with Gasteiger partial charge in [-0.25, -0.2) is 4.39 Å². The number of carbonyl (C=O) groups is 1. The number of nitrogens with one attached hydrogen (secondary N) is 1. The van der Waals surface area contributed by atoms with Crippen LogP contribution in [-0.2, 0) is 9.53 Å². The van der Waals surface area contributed by atoms with Gasteiger partial charge in [-0.3, -0.25) is 9.69 Å². The van der Waals surface area contributed by atoms with Crippen LogP contribution < -0.4 is 10.2 Å². The van der Waals surface area contributed by atoms with Gasteiger partial charge in [-0.15, -0.1) is 0 Å². The Hall–Kier alpha value is -1.66. The minimum absolute atomic E-state index is 0.00586. The molecule has 1 saturated heterocycles. The van der Waals surface area contributed by atoms with E-state index in [1.54, 1.807) is 13.2 Å². The topological polar surface area (TPSA) is 44.8 Å². The third kappa shape index (κ3) is 5.91. The summed E-state index contributed by atoms with van der Waals surface area (Å²) < 4.78 is 18.8. The van der Waals surface area contributed by atoms with Gasteiger partial charge in [0.15, 0.2) is 0 Å². The summed E-state index contributed by atoms with van der Waals surface area (Å²) in [6.07, 6.45) is 5.74. The summed E-state index contributed by atoms with van der Waals surface area (Å²) in [4.78, 5) is 16.3. The zero-order chi connectivity index (χ0) is 19.1. The van der Waals surface area contributed by atoms with Crippen molar-refractivity contribution in [1.82, 2.24) is 10.2 Å². The van der Waals surface area contributed by atoms with Crippen LogP contribution >= 0.6 is 0 Å². The standard InChI is InChI=1S/C21H32FN3O2/c1-27-16-21(26)23-18-8-6-17(7-9-18)10-11-24-12-14-25(15-13-24)20-5-3-2-4-19(20)22/h2-5,17-18H,6-16H2,1H3,(H,23,26). The van der Waals surface area contributed by atoms with E-state index in [0.29, 0.717) is 6.04 Å². The van der Waals surface area contributed by atoms with Gasteiger partial charge in [0, 0.05) is 39.3 Å². The highest BCUT2D eigenvalue weighted by Crippen LogP contribution is 2.27. The first kappa shape index (κ1) is 20.1. The van der Waals surface area contributed by atoms with Crippen LogP contribution in [0.1, 0.15) is 32.1 Å². The summed E-state index contributed by atoms with van der Waals surface area (Å²) in [5.41, 5.74) is 0.728. The highest BCUT2D eigenvalue weighted by molar-refractivity contribution is 5.77. The second-order valence-corrected chi connectivity index (χ2v) is 7.79. The van der Waals surface area contributed by atoms with Gasteiger partial charge in [-0.2, -0.15) is 0 Å². The van der Waals surface area contributed by atoms with Crippen LogP contribution in [0.2, 0.25) is 0 Å². The number of para-hydroxylation sites is 1. The lowest BCUT2D eigenvalue weighted by atomic mass is 9.84. The van der Waals surface area contributed by atoms with Crippen molar-refractivity contribution in [1.29, 1.82) is 0 Å².